The maximum absolute atomic E-state index is 5.90. The highest BCUT2D eigenvalue weighted by Crippen LogP contribution is 2.30. The zero-order chi connectivity index (χ0) is 16.8. The Hall–Kier alpha value is -1.52. The van der Waals surface area contributed by atoms with Crippen LogP contribution in [0.4, 0.5) is 0 Å². The molecule has 26 heavy (non-hydrogen) atoms. The van der Waals surface area contributed by atoms with Gasteiger partial charge in [0.25, 0.3) is 0 Å². The second kappa shape index (κ2) is 11.2. The molecule has 1 aliphatic rings. The molecule has 0 spiro atoms. The first-order valence-electron chi connectivity index (χ1n) is 8.64. The van der Waals surface area contributed by atoms with Crippen LogP contribution < -0.4 is 10.1 Å². The lowest BCUT2D eigenvalue weighted by atomic mass is 9.98. The molecule has 1 atom stereocenters. The van der Waals surface area contributed by atoms with Crippen molar-refractivity contribution in [1.29, 1.82) is 0 Å². The first-order chi connectivity index (χ1) is 11.7. The van der Waals surface area contributed by atoms with Crippen LogP contribution in [0, 0.1) is 0 Å². The van der Waals surface area contributed by atoms with Gasteiger partial charge < -0.3 is 10.1 Å². The number of para-hydroxylation sites is 1. The van der Waals surface area contributed by atoms with Gasteiger partial charge in [0.05, 0.1) is 0 Å². The Labute approximate surface area is 169 Å². The number of ether oxygens (including phenoxy) is 1. The molecule has 1 fully saturated rings. The fourth-order valence-corrected chi connectivity index (χ4v) is 3.16. The van der Waals surface area contributed by atoms with E-state index in [9.17, 15) is 0 Å². The Kier molecular flexibility index (Phi) is 9.74. The van der Waals surface area contributed by atoms with Crippen LogP contribution in [0.5, 0.6) is 11.5 Å². The summed E-state index contributed by atoms with van der Waals surface area (Å²) in [5.41, 5.74) is 2.56. The van der Waals surface area contributed by atoms with Crippen LogP contribution in [-0.2, 0) is 0 Å². The Morgan fingerprint density at radius 2 is 1.58 bits per heavy atom. The minimum absolute atomic E-state index is 0. The Bertz CT molecular complexity index is 655. The molecule has 0 radical (unpaired) electrons. The summed E-state index contributed by atoms with van der Waals surface area (Å²) >= 11 is 0. The smallest absolute Gasteiger partial charge is 0.127 e. The number of hydrogen-bond donors (Lipinski definition) is 1. The van der Waals surface area contributed by atoms with Crippen molar-refractivity contribution in [3.63, 3.8) is 0 Å². The van der Waals surface area contributed by atoms with Gasteiger partial charge in [-0.1, -0.05) is 35.9 Å². The van der Waals surface area contributed by atoms with Gasteiger partial charge in [-0.25, -0.2) is 0 Å². The molecule has 1 saturated heterocycles. The van der Waals surface area contributed by atoms with Crippen molar-refractivity contribution in [2.45, 2.75) is 19.4 Å². The highest BCUT2D eigenvalue weighted by molar-refractivity contribution is 5.85. The predicted molar refractivity (Wildman–Crippen MR) is 114 cm³/mol. The lowest BCUT2D eigenvalue weighted by Gasteiger charge is -2.35. The van der Waals surface area contributed by atoms with Gasteiger partial charge in [-0.15, -0.1) is 31.4 Å². The van der Waals surface area contributed by atoms with Gasteiger partial charge in [-0.2, -0.15) is 0 Å². The quantitative estimate of drug-likeness (QED) is 0.678. The normalized spacial score (nSPS) is 15.3. The van der Waals surface area contributed by atoms with Crippen LogP contribution in [0.3, 0.4) is 0 Å². The average molecular weight is 395 g/mol. The van der Waals surface area contributed by atoms with Gasteiger partial charge in [0, 0.05) is 32.2 Å². The van der Waals surface area contributed by atoms with E-state index in [-0.39, 0.29) is 24.8 Å². The molecule has 1 aliphatic heterocycles. The monoisotopic (exact) mass is 394 g/mol. The molecule has 0 amide bonds. The molecule has 0 unspecified atom stereocenters. The molecule has 0 aliphatic carbocycles. The molecule has 3 rings (SSSR count). The second-order valence-electron chi connectivity index (χ2n) is 6.45. The molecule has 3 nitrogen and oxygen atoms in total. The minimum Gasteiger partial charge on any atom is -0.457 e. The summed E-state index contributed by atoms with van der Waals surface area (Å²) < 4.78 is 5.90. The van der Waals surface area contributed by atoms with Gasteiger partial charge >= 0.3 is 0 Å². The maximum atomic E-state index is 5.90. The first-order valence-corrected chi connectivity index (χ1v) is 8.64. The molecule has 2 aromatic rings. The SMILES string of the molecule is C=C(C)C[C@@H](c1ccc(Oc2ccccc2)cc1)N1CCNCC1.Cl.Cl. The van der Waals surface area contributed by atoms with E-state index in [2.05, 4.69) is 48.0 Å². The summed E-state index contributed by atoms with van der Waals surface area (Å²) in [6.07, 6.45) is 0.999. The van der Waals surface area contributed by atoms with Crippen LogP contribution in [-0.4, -0.2) is 31.1 Å². The van der Waals surface area contributed by atoms with Crippen LogP contribution in [0.2, 0.25) is 0 Å². The van der Waals surface area contributed by atoms with Gasteiger partial charge in [0.2, 0.25) is 0 Å². The van der Waals surface area contributed by atoms with Crippen molar-refractivity contribution in [2.24, 2.45) is 0 Å². The van der Waals surface area contributed by atoms with Crippen molar-refractivity contribution in [2.75, 3.05) is 26.2 Å². The number of nitrogens with zero attached hydrogens (tertiary/aromatic N) is 1. The van der Waals surface area contributed by atoms with Crippen LogP contribution in [0.15, 0.2) is 66.7 Å². The summed E-state index contributed by atoms with van der Waals surface area (Å²) in [6.45, 7) is 10.5. The maximum Gasteiger partial charge on any atom is 0.127 e. The molecule has 2 aromatic carbocycles. The number of nitrogens with one attached hydrogen (secondary N) is 1. The average Bonchev–Trinajstić information content (AvgIpc) is 2.62. The molecular weight excluding hydrogens is 367 g/mol. The Morgan fingerprint density at radius 3 is 2.15 bits per heavy atom. The van der Waals surface area contributed by atoms with E-state index in [1.807, 2.05) is 30.3 Å². The number of rotatable bonds is 6. The third-order valence-corrected chi connectivity index (χ3v) is 4.38. The van der Waals surface area contributed by atoms with Crippen LogP contribution in [0.1, 0.15) is 24.9 Å². The molecule has 1 N–H and O–H groups in total. The summed E-state index contributed by atoms with van der Waals surface area (Å²) in [5.74, 6) is 1.74. The van der Waals surface area contributed by atoms with E-state index < -0.39 is 0 Å². The largest absolute Gasteiger partial charge is 0.457 e. The molecule has 5 heteroatoms. The van der Waals surface area contributed by atoms with E-state index in [1.165, 1.54) is 11.1 Å². The highest BCUT2D eigenvalue weighted by Gasteiger charge is 2.22. The summed E-state index contributed by atoms with van der Waals surface area (Å²) in [5, 5.41) is 3.43. The first kappa shape index (κ1) is 22.5. The summed E-state index contributed by atoms with van der Waals surface area (Å²) in [4.78, 5) is 2.55. The number of benzene rings is 2. The van der Waals surface area contributed by atoms with E-state index in [0.29, 0.717) is 6.04 Å². The van der Waals surface area contributed by atoms with Crippen molar-refractivity contribution in [3.05, 3.63) is 72.3 Å². The highest BCUT2D eigenvalue weighted by atomic mass is 35.5. The predicted octanol–water partition coefficient (Wildman–Crippen LogP) is 5.24. The fraction of sp³-hybridized carbons (Fsp3) is 0.333. The van der Waals surface area contributed by atoms with E-state index in [0.717, 1.165) is 44.1 Å². The lowest BCUT2D eigenvalue weighted by Crippen LogP contribution is -2.45. The van der Waals surface area contributed by atoms with Crippen molar-refractivity contribution in [1.82, 2.24) is 10.2 Å². The molecule has 1 heterocycles. The topological polar surface area (TPSA) is 24.5 Å². The van der Waals surface area contributed by atoms with Crippen LogP contribution in [0.25, 0.3) is 0 Å². The molecule has 0 aromatic heterocycles. The standard InChI is InChI=1S/C21H26N2O.2ClH/c1-17(2)16-21(23-14-12-22-13-15-23)18-8-10-20(11-9-18)24-19-6-4-3-5-7-19;;/h3-11,21-22H,1,12-16H2,2H3;2*1H/t21-;;/m0../s1. The number of hydrogen-bond acceptors (Lipinski definition) is 3. The summed E-state index contributed by atoms with van der Waals surface area (Å²) in [6, 6.07) is 18.8. The van der Waals surface area contributed by atoms with Gasteiger partial charge in [0.15, 0.2) is 0 Å². The van der Waals surface area contributed by atoms with Crippen molar-refractivity contribution < 1.29 is 4.74 Å². The Balaban J connectivity index is 0.00000169. The second-order valence-corrected chi connectivity index (χ2v) is 6.45. The fourth-order valence-electron chi connectivity index (χ4n) is 3.16. The van der Waals surface area contributed by atoms with Gasteiger partial charge in [-0.3, -0.25) is 4.90 Å². The van der Waals surface area contributed by atoms with Crippen molar-refractivity contribution >= 4 is 24.8 Å². The lowest BCUT2D eigenvalue weighted by molar-refractivity contribution is 0.172. The van der Waals surface area contributed by atoms with Gasteiger partial charge in [-0.05, 0) is 43.2 Å². The summed E-state index contributed by atoms with van der Waals surface area (Å²) in [7, 11) is 0. The van der Waals surface area contributed by atoms with Crippen molar-refractivity contribution in [3.8, 4) is 11.5 Å². The van der Waals surface area contributed by atoms with Crippen LogP contribution >= 0.6 is 24.8 Å². The number of piperazine rings is 1. The third-order valence-electron chi connectivity index (χ3n) is 4.38. The molecule has 0 saturated carbocycles. The molecule has 142 valence electrons. The molecule has 0 bridgehead atoms. The van der Waals surface area contributed by atoms with Gasteiger partial charge in [0.1, 0.15) is 11.5 Å². The number of halogens is 2. The van der Waals surface area contributed by atoms with E-state index >= 15 is 0 Å². The van der Waals surface area contributed by atoms with E-state index in [4.69, 9.17) is 4.74 Å². The zero-order valence-electron chi connectivity index (χ0n) is 15.2. The zero-order valence-corrected chi connectivity index (χ0v) is 16.8. The minimum atomic E-state index is 0. The Morgan fingerprint density at radius 1 is 1.00 bits per heavy atom. The third kappa shape index (κ3) is 6.33. The molecular formula is C21H28Cl2N2O. The van der Waals surface area contributed by atoms with E-state index in [1.54, 1.807) is 0 Å².